The lowest BCUT2D eigenvalue weighted by molar-refractivity contribution is -0.153. The molecule has 2 unspecified atom stereocenters. The van der Waals surface area contributed by atoms with Gasteiger partial charge in [0.25, 0.3) is 0 Å². The Hall–Kier alpha value is -1.16. The first kappa shape index (κ1) is 12.3. The lowest BCUT2D eigenvalue weighted by atomic mass is 9.85. The molecule has 0 aliphatic carbocycles. The predicted molar refractivity (Wildman–Crippen MR) is 60.1 cm³/mol. The standard InChI is InChI=1S/C12H17NO4/c1-2-17-12(15)11-9(7-14)3-4-13-5-6-16-8-10(11)13/h10-11H,2-6,8H2,1H3. The number of fused-ring (bicyclic) bond motifs is 1. The Morgan fingerprint density at radius 1 is 1.59 bits per heavy atom. The Balaban J connectivity index is 2.20. The molecule has 0 aromatic carbocycles. The van der Waals surface area contributed by atoms with Crippen molar-refractivity contribution in [3.05, 3.63) is 5.57 Å². The quantitative estimate of drug-likeness (QED) is 0.502. The molecule has 2 saturated heterocycles. The van der Waals surface area contributed by atoms with Crippen LogP contribution in [-0.4, -0.2) is 55.8 Å². The van der Waals surface area contributed by atoms with Crippen LogP contribution in [0.25, 0.3) is 0 Å². The van der Waals surface area contributed by atoms with Crippen molar-refractivity contribution in [1.29, 1.82) is 0 Å². The maximum absolute atomic E-state index is 11.9. The molecule has 2 rings (SSSR count). The smallest absolute Gasteiger partial charge is 0.315 e. The van der Waals surface area contributed by atoms with Crippen molar-refractivity contribution < 1.29 is 19.1 Å². The van der Waals surface area contributed by atoms with E-state index in [2.05, 4.69) is 4.90 Å². The van der Waals surface area contributed by atoms with E-state index in [1.165, 1.54) is 0 Å². The molecule has 0 aromatic rings. The molecule has 2 aliphatic heterocycles. The molecule has 0 spiro atoms. The molecule has 17 heavy (non-hydrogen) atoms. The van der Waals surface area contributed by atoms with E-state index < -0.39 is 5.92 Å². The molecule has 2 aliphatic rings. The first-order chi connectivity index (χ1) is 8.27. The molecule has 0 bridgehead atoms. The highest BCUT2D eigenvalue weighted by Gasteiger charge is 2.42. The number of ether oxygens (including phenoxy) is 2. The van der Waals surface area contributed by atoms with Gasteiger partial charge in [-0.15, -0.1) is 0 Å². The second kappa shape index (κ2) is 5.45. The molecule has 94 valence electrons. The van der Waals surface area contributed by atoms with E-state index in [-0.39, 0.29) is 12.0 Å². The minimum atomic E-state index is -0.499. The molecule has 2 atom stereocenters. The summed E-state index contributed by atoms with van der Waals surface area (Å²) in [4.78, 5) is 25.0. The van der Waals surface area contributed by atoms with Crippen LogP contribution in [-0.2, 0) is 19.1 Å². The molecular formula is C12H17NO4. The summed E-state index contributed by atoms with van der Waals surface area (Å²) in [6.45, 7) is 4.87. The van der Waals surface area contributed by atoms with Gasteiger partial charge in [-0.25, -0.2) is 4.79 Å². The third-order valence-corrected chi connectivity index (χ3v) is 3.38. The highest BCUT2D eigenvalue weighted by Crippen LogP contribution is 2.30. The van der Waals surface area contributed by atoms with Gasteiger partial charge in [0.1, 0.15) is 11.9 Å². The first-order valence-electron chi connectivity index (χ1n) is 6.00. The van der Waals surface area contributed by atoms with E-state index in [1.54, 1.807) is 6.92 Å². The number of hydrogen-bond acceptors (Lipinski definition) is 5. The molecule has 0 aromatic heterocycles. The summed E-state index contributed by atoms with van der Waals surface area (Å²) in [6, 6.07) is -0.0620. The number of nitrogens with zero attached hydrogens (tertiary/aromatic N) is 1. The summed E-state index contributed by atoms with van der Waals surface area (Å²) in [6.07, 6.45) is 0.601. The van der Waals surface area contributed by atoms with Gasteiger partial charge in [0.2, 0.25) is 0 Å². The first-order valence-corrected chi connectivity index (χ1v) is 6.00. The summed E-state index contributed by atoms with van der Waals surface area (Å²) >= 11 is 0. The number of morpholine rings is 1. The Bertz CT molecular complexity index is 348. The molecule has 0 amide bonds. The fourth-order valence-electron chi connectivity index (χ4n) is 2.54. The van der Waals surface area contributed by atoms with Crippen molar-refractivity contribution in [1.82, 2.24) is 4.90 Å². The topological polar surface area (TPSA) is 55.8 Å². The molecule has 5 nitrogen and oxygen atoms in total. The normalized spacial score (nSPS) is 29.4. The number of esters is 1. The maximum Gasteiger partial charge on any atom is 0.315 e. The van der Waals surface area contributed by atoms with Crippen LogP contribution >= 0.6 is 0 Å². The largest absolute Gasteiger partial charge is 0.465 e. The molecule has 0 saturated carbocycles. The van der Waals surface area contributed by atoms with Crippen LogP contribution in [0.5, 0.6) is 0 Å². The lowest BCUT2D eigenvalue weighted by Gasteiger charge is -2.42. The molecule has 0 radical (unpaired) electrons. The van der Waals surface area contributed by atoms with E-state index in [1.807, 2.05) is 5.94 Å². The number of carbonyl (C=O) groups is 1. The van der Waals surface area contributed by atoms with Gasteiger partial charge < -0.3 is 9.47 Å². The van der Waals surface area contributed by atoms with Gasteiger partial charge in [0.15, 0.2) is 0 Å². The van der Waals surface area contributed by atoms with E-state index in [0.717, 1.165) is 13.1 Å². The monoisotopic (exact) mass is 239 g/mol. The Morgan fingerprint density at radius 3 is 3.12 bits per heavy atom. The maximum atomic E-state index is 11.9. The highest BCUT2D eigenvalue weighted by atomic mass is 16.5. The van der Waals surface area contributed by atoms with Crippen molar-refractivity contribution in [2.75, 3.05) is 32.9 Å². The SMILES string of the molecule is CCOC(=O)C1C(=C=O)CCN2CCOCC12. The van der Waals surface area contributed by atoms with Crippen LogP contribution in [0.1, 0.15) is 13.3 Å². The van der Waals surface area contributed by atoms with Crippen molar-refractivity contribution in [2.24, 2.45) is 5.92 Å². The van der Waals surface area contributed by atoms with Gasteiger partial charge in [0.05, 0.1) is 25.9 Å². The third-order valence-electron chi connectivity index (χ3n) is 3.38. The highest BCUT2D eigenvalue weighted by molar-refractivity contribution is 5.80. The van der Waals surface area contributed by atoms with Crippen LogP contribution in [0.4, 0.5) is 0 Å². The van der Waals surface area contributed by atoms with Crippen LogP contribution in [0, 0.1) is 5.92 Å². The van der Waals surface area contributed by atoms with Crippen LogP contribution < -0.4 is 0 Å². The van der Waals surface area contributed by atoms with Crippen LogP contribution in [0.15, 0.2) is 5.57 Å². The van der Waals surface area contributed by atoms with Crippen LogP contribution in [0.2, 0.25) is 0 Å². The summed E-state index contributed by atoms with van der Waals surface area (Å²) in [5.74, 6) is 1.08. The molecule has 5 heteroatoms. The second-order valence-electron chi connectivity index (χ2n) is 4.29. The summed E-state index contributed by atoms with van der Waals surface area (Å²) in [5.41, 5.74) is 0.523. The fraction of sp³-hybridized carbons (Fsp3) is 0.750. The number of rotatable bonds is 2. The molecule has 0 N–H and O–H groups in total. The van der Waals surface area contributed by atoms with Gasteiger partial charge in [-0.3, -0.25) is 9.69 Å². The average molecular weight is 239 g/mol. The molecular weight excluding hydrogens is 222 g/mol. The summed E-state index contributed by atoms with van der Waals surface area (Å²) in [5, 5.41) is 0. The summed E-state index contributed by atoms with van der Waals surface area (Å²) in [7, 11) is 0. The zero-order chi connectivity index (χ0) is 12.3. The third kappa shape index (κ3) is 2.41. The minimum Gasteiger partial charge on any atom is -0.465 e. The van der Waals surface area contributed by atoms with Crippen LogP contribution in [0.3, 0.4) is 0 Å². The van der Waals surface area contributed by atoms with Gasteiger partial charge in [-0.2, -0.15) is 0 Å². The van der Waals surface area contributed by atoms with Crippen molar-refractivity contribution in [3.8, 4) is 0 Å². The molecule has 2 heterocycles. The molecule has 2 fully saturated rings. The Kier molecular flexibility index (Phi) is 3.94. The van der Waals surface area contributed by atoms with E-state index in [0.29, 0.717) is 31.8 Å². The van der Waals surface area contributed by atoms with Gasteiger partial charge in [0, 0.05) is 18.7 Å². The van der Waals surface area contributed by atoms with E-state index in [9.17, 15) is 9.59 Å². The second-order valence-corrected chi connectivity index (χ2v) is 4.29. The number of piperidine rings is 1. The van der Waals surface area contributed by atoms with Crippen molar-refractivity contribution in [2.45, 2.75) is 19.4 Å². The zero-order valence-corrected chi connectivity index (χ0v) is 9.98. The zero-order valence-electron chi connectivity index (χ0n) is 9.98. The average Bonchev–Trinajstić information content (AvgIpc) is 2.37. The van der Waals surface area contributed by atoms with Gasteiger partial charge in [-0.1, -0.05) is 0 Å². The van der Waals surface area contributed by atoms with Gasteiger partial charge >= 0.3 is 5.97 Å². The minimum absolute atomic E-state index is 0.0620. The lowest BCUT2D eigenvalue weighted by Crippen LogP contribution is -2.55. The van der Waals surface area contributed by atoms with Crippen molar-refractivity contribution in [3.63, 3.8) is 0 Å². The number of hydrogen-bond donors (Lipinski definition) is 0. The van der Waals surface area contributed by atoms with Crippen molar-refractivity contribution >= 4 is 11.9 Å². The summed E-state index contributed by atoms with van der Waals surface area (Å²) < 4.78 is 10.4. The van der Waals surface area contributed by atoms with E-state index in [4.69, 9.17) is 9.47 Å². The Morgan fingerprint density at radius 2 is 2.41 bits per heavy atom. The predicted octanol–water partition coefficient (Wildman–Crippen LogP) is 0.0282. The Labute approximate surface area is 100 Å². The fourth-order valence-corrected chi connectivity index (χ4v) is 2.54. The van der Waals surface area contributed by atoms with Gasteiger partial charge in [-0.05, 0) is 13.3 Å². The number of carbonyl (C=O) groups excluding carboxylic acids is 2. The van der Waals surface area contributed by atoms with E-state index >= 15 is 0 Å².